The van der Waals surface area contributed by atoms with E-state index in [0.29, 0.717) is 36.8 Å². The lowest BCUT2D eigenvalue weighted by Crippen LogP contribution is -2.30. The molecule has 7 nitrogen and oxygen atoms in total. The molecule has 2 aromatic carbocycles. The number of rotatable bonds is 10. The molecule has 0 bridgehead atoms. The first-order valence-corrected chi connectivity index (χ1v) is 9.02. The number of ether oxygens (including phenoxy) is 3. The van der Waals surface area contributed by atoms with Gasteiger partial charge in [-0.1, -0.05) is 12.1 Å². The molecule has 0 saturated carbocycles. The van der Waals surface area contributed by atoms with Crippen molar-refractivity contribution in [2.45, 2.75) is 20.4 Å². The number of methoxy groups -OCH3 is 1. The molecule has 0 heterocycles. The minimum Gasteiger partial charge on any atom is -0.497 e. The highest BCUT2D eigenvalue weighted by atomic mass is 16.5. The molecule has 28 heavy (non-hydrogen) atoms. The fraction of sp³-hybridized carbons (Fsp3) is 0.333. The first-order valence-electron chi connectivity index (χ1n) is 9.02. The molecule has 0 fully saturated rings. The van der Waals surface area contributed by atoms with Crippen LogP contribution >= 0.6 is 0 Å². The quantitative estimate of drug-likeness (QED) is 0.674. The monoisotopic (exact) mass is 387 g/mol. The molecule has 0 saturated heterocycles. The number of benzene rings is 2. The number of carbonyl (C=O) groups excluding carboxylic acids is 1. The van der Waals surface area contributed by atoms with Gasteiger partial charge in [0.05, 0.1) is 13.7 Å². The smallest absolute Gasteiger partial charge is 0.341 e. The topological polar surface area (TPSA) is 85.3 Å². The van der Waals surface area contributed by atoms with Crippen molar-refractivity contribution in [3.05, 3.63) is 53.6 Å². The van der Waals surface area contributed by atoms with Crippen molar-refractivity contribution in [3.63, 3.8) is 0 Å². The van der Waals surface area contributed by atoms with Gasteiger partial charge in [0.2, 0.25) is 0 Å². The average molecular weight is 387 g/mol. The third-order valence-electron chi connectivity index (χ3n) is 4.04. The standard InChI is InChI=1S/C21H25NO6/c1-4-22(13-15-6-9-17(26-3)10-7-15)21(25)16-8-11-18(28-14-20(23)24)19(12-16)27-5-2/h6-12H,4-5,13-14H2,1-3H3,(H,23,24). The highest BCUT2D eigenvalue weighted by Gasteiger charge is 2.18. The lowest BCUT2D eigenvalue weighted by atomic mass is 10.1. The molecular formula is C21H25NO6. The number of nitrogens with zero attached hydrogens (tertiary/aromatic N) is 1. The van der Waals surface area contributed by atoms with Crippen LogP contribution in [-0.4, -0.2) is 48.8 Å². The van der Waals surface area contributed by atoms with E-state index < -0.39 is 12.6 Å². The van der Waals surface area contributed by atoms with E-state index in [4.69, 9.17) is 19.3 Å². The zero-order valence-electron chi connectivity index (χ0n) is 16.3. The normalized spacial score (nSPS) is 10.2. The van der Waals surface area contributed by atoms with E-state index in [2.05, 4.69) is 0 Å². The predicted octanol–water partition coefficient (Wildman–Crippen LogP) is 3.22. The Balaban J connectivity index is 2.19. The predicted molar refractivity (Wildman–Crippen MR) is 104 cm³/mol. The number of aliphatic carboxylic acids is 1. The number of carboxylic acid groups (broad SMARTS) is 1. The van der Waals surface area contributed by atoms with Crippen LogP contribution < -0.4 is 14.2 Å². The Morgan fingerprint density at radius 1 is 1.00 bits per heavy atom. The molecule has 0 atom stereocenters. The fourth-order valence-corrected chi connectivity index (χ4v) is 2.63. The highest BCUT2D eigenvalue weighted by Crippen LogP contribution is 2.29. The van der Waals surface area contributed by atoms with Crippen molar-refractivity contribution in [2.24, 2.45) is 0 Å². The van der Waals surface area contributed by atoms with Crippen LogP contribution in [0.15, 0.2) is 42.5 Å². The van der Waals surface area contributed by atoms with Crippen LogP contribution in [0.4, 0.5) is 0 Å². The van der Waals surface area contributed by atoms with E-state index in [-0.39, 0.29) is 5.91 Å². The van der Waals surface area contributed by atoms with Crippen molar-refractivity contribution in [1.82, 2.24) is 4.90 Å². The van der Waals surface area contributed by atoms with Crippen LogP contribution in [0.5, 0.6) is 17.2 Å². The first kappa shape index (κ1) is 21.1. The second-order valence-electron chi connectivity index (χ2n) is 5.94. The van der Waals surface area contributed by atoms with Crippen molar-refractivity contribution >= 4 is 11.9 Å². The van der Waals surface area contributed by atoms with Gasteiger partial charge < -0.3 is 24.2 Å². The second-order valence-corrected chi connectivity index (χ2v) is 5.94. The lowest BCUT2D eigenvalue weighted by molar-refractivity contribution is -0.139. The summed E-state index contributed by atoms with van der Waals surface area (Å²) in [6, 6.07) is 12.3. The van der Waals surface area contributed by atoms with Gasteiger partial charge in [0, 0.05) is 18.7 Å². The van der Waals surface area contributed by atoms with E-state index in [0.717, 1.165) is 11.3 Å². The minimum atomic E-state index is -1.08. The molecule has 150 valence electrons. The molecule has 0 aliphatic heterocycles. The number of carboxylic acids is 1. The largest absolute Gasteiger partial charge is 0.497 e. The third-order valence-corrected chi connectivity index (χ3v) is 4.04. The van der Waals surface area contributed by atoms with Crippen molar-refractivity contribution in [2.75, 3.05) is 26.9 Å². The summed E-state index contributed by atoms with van der Waals surface area (Å²) in [5, 5.41) is 8.78. The summed E-state index contributed by atoms with van der Waals surface area (Å²) in [6.45, 7) is 4.59. The van der Waals surface area contributed by atoms with Gasteiger partial charge in [0.25, 0.3) is 5.91 Å². The lowest BCUT2D eigenvalue weighted by Gasteiger charge is -2.22. The molecule has 0 radical (unpaired) electrons. The zero-order chi connectivity index (χ0) is 20.5. The van der Waals surface area contributed by atoms with E-state index >= 15 is 0 Å². The Morgan fingerprint density at radius 3 is 2.29 bits per heavy atom. The van der Waals surface area contributed by atoms with Crippen LogP contribution in [0.1, 0.15) is 29.8 Å². The van der Waals surface area contributed by atoms with Gasteiger partial charge in [-0.25, -0.2) is 4.79 Å². The molecule has 1 N–H and O–H groups in total. The summed E-state index contributed by atoms with van der Waals surface area (Å²) in [5.41, 5.74) is 1.43. The van der Waals surface area contributed by atoms with E-state index in [1.165, 1.54) is 0 Å². The number of amides is 1. The summed E-state index contributed by atoms with van der Waals surface area (Å²) in [7, 11) is 1.61. The first-order chi connectivity index (χ1) is 13.5. The molecule has 0 unspecified atom stereocenters. The Bertz CT molecular complexity index is 803. The van der Waals surface area contributed by atoms with Gasteiger partial charge in [-0.2, -0.15) is 0 Å². The summed E-state index contributed by atoms with van der Waals surface area (Å²) in [6.07, 6.45) is 0. The van der Waals surface area contributed by atoms with Gasteiger partial charge in [0.15, 0.2) is 18.1 Å². The summed E-state index contributed by atoms with van der Waals surface area (Å²) >= 11 is 0. The van der Waals surface area contributed by atoms with Crippen LogP contribution in [0.25, 0.3) is 0 Å². The van der Waals surface area contributed by atoms with Gasteiger partial charge in [0.1, 0.15) is 5.75 Å². The average Bonchev–Trinajstić information content (AvgIpc) is 2.71. The number of hydrogen-bond acceptors (Lipinski definition) is 5. The van der Waals surface area contributed by atoms with Crippen molar-refractivity contribution < 1.29 is 28.9 Å². The van der Waals surface area contributed by atoms with Crippen molar-refractivity contribution in [3.8, 4) is 17.2 Å². The van der Waals surface area contributed by atoms with E-state index in [1.54, 1.807) is 37.1 Å². The SMILES string of the molecule is CCOc1cc(C(=O)N(CC)Cc2ccc(OC)cc2)ccc1OCC(=O)O. The Kier molecular flexibility index (Phi) is 7.68. The molecule has 1 amide bonds. The summed E-state index contributed by atoms with van der Waals surface area (Å²) < 4.78 is 15.9. The number of hydrogen-bond donors (Lipinski definition) is 1. The molecule has 0 aliphatic rings. The van der Waals surface area contributed by atoms with Crippen LogP contribution in [0.3, 0.4) is 0 Å². The summed E-state index contributed by atoms with van der Waals surface area (Å²) in [5.74, 6) is 0.161. The minimum absolute atomic E-state index is 0.149. The summed E-state index contributed by atoms with van der Waals surface area (Å²) in [4.78, 5) is 25.4. The Hall–Kier alpha value is -3.22. The molecule has 0 aliphatic carbocycles. The molecule has 7 heteroatoms. The maximum absolute atomic E-state index is 12.9. The van der Waals surface area contributed by atoms with Crippen LogP contribution in [0.2, 0.25) is 0 Å². The van der Waals surface area contributed by atoms with E-state index in [1.807, 2.05) is 31.2 Å². The van der Waals surface area contributed by atoms with Gasteiger partial charge in [-0.15, -0.1) is 0 Å². The maximum atomic E-state index is 12.9. The maximum Gasteiger partial charge on any atom is 0.341 e. The molecule has 2 rings (SSSR count). The van der Waals surface area contributed by atoms with Gasteiger partial charge in [-0.3, -0.25) is 4.79 Å². The zero-order valence-corrected chi connectivity index (χ0v) is 16.3. The molecule has 0 aromatic heterocycles. The van der Waals surface area contributed by atoms with E-state index in [9.17, 15) is 9.59 Å². The third kappa shape index (κ3) is 5.64. The van der Waals surface area contributed by atoms with Crippen LogP contribution in [-0.2, 0) is 11.3 Å². The van der Waals surface area contributed by atoms with Gasteiger partial charge in [-0.05, 0) is 49.7 Å². The molecule has 0 spiro atoms. The molecular weight excluding hydrogens is 362 g/mol. The Labute approximate surface area is 164 Å². The van der Waals surface area contributed by atoms with Crippen molar-refractivity contribution in [1.29, 1.82) is 0 Å². The van der Waals surface area contributed by atoms with Gasteiger partial charge >= 0.3 is 5.97 Å². The number of carbonyl (C=O) groups is 2. The Morgan fingerprint density at radius 2 is 1.71 bits per heavy atom. The highest BCUT2D eigenvalue weighted by molar-refractivity contribution is 5.95. The molecule has 2 aromatic rings. The van der Waals surface area contributed by atoms with Crippen LogP contribution in [0, 0.1) is 0 Å². The second kappa shape index (κ2) is 10.2. The fourth-order valence-electron chi connectivity index (χ4n) is 2.63.